The molecule has 2 N–H and O–H groups in total. The predicted molar refractivity (Wildman–Crippen MR) is 122 cm³/mol. The van der Waals surface area contributed by atoms with E-state index in [1.165, 1.54) is 11.6 Å². The maximum Gasteiger partial charge on any atom is 0.243 e. The van der Waals surface area contributed by atoms with E-state index in [1.807, 2.05) is 18.5 Å². The molecule has 1 aliphatic heterocycles. The fourth-order valence-corrected chi connectivity index (χ4v) is 4.54. The largest absolute Gasteiger partial charge is 0.378 e. The van der Waals surface area contributed by atoms with Gasteiger partial charge in [0.05, 0.1) is 30.8 Å². The van der Waals surface area contributed by atoms with Crippen LogP contribution < -0.4 is 15.5 Å². The van der Waals surface area contributed by atoms with Crippen molar-refractivity contribution < 1.29 is 9.53 Å². The first-order valence-electron chi connectivity index (χ1n) is 11.0. The van der Waals surface area contributed by atoms with Gasteiger partial charge in [0.2, 0.25) is 5.91 Å². The Hall–Kier alpha value is -3.46. The highest BCUT2D eigenvalue weighted by Crippen LogP contribution is 2.36. The van der Waals surface area contributed by atoms with Crippen molar-refractivity contribution >= 4 is 28.7 Å². The lowest BCUT2D eigenvalue weighted by Gasteiger charge is -2.28. The normalized spacial score (nSPS) is 20.9. The second-order valence-electron chi connectivity index (χ2n) is 8.26. The van der Waals surface area contributed by atoms with Crippen LogP contribution in [0, 0.1) is 0 Å². The van der Waals surface area contributed by atoms with E-state index in [9.17, 15) is 4.79 Å². The second kappa shape index (κ2) is 8.96. The van der Waals surface area contributed by atoms with Crippen LogP contribution in [-0.4, -0.2) is 57.8 Å². The second-order valence-corrected chi connectivity index (χ2v) is 8.26. The Bertz CT molecular complexity index is 1110. The van der Waals surface area contributed by atoms with Crippen LogP contribution in [-0.2, 0) is 9.53 Å². The molecule has 0 aromatic carbocycles. The number of fused-ring (bicyclic) bond motifs is 1. The van der Waals surface area contributed by atoms with Crippen LogP contribution >= 0.6 is 0 Å². The molecule has 0 bridgehead atoms. The third-order valence-corrected chi connectivity index (χ3v) is 6.22. The zero-order valence-corrected chi connectivity index (χ0v) is 17.9. The number of nitrogens with one attached hydrogen (secondary N) is 2. The molecule has 166 valence electrons. The standard InChI is InChI=1S/C23H27N7O2/c1-2-22(31)27-18-4-3-16(11-18)17-12-20(23-25-15-26-30(23)14-17)28-21-6-5-19(13-24-21)29-7-9-32-10-8-29/h2,5-6,12-16,18H,1,3-4,7-11H2,(H,24,28)(H,27,31)/t16-,18+/m0/s1. The lowest BCUT2D eigenvalue weighted by Crippen LogP contribution is -2.36. The number of rotatable bonds is 6. The molecule has 1 amide bonds. The van der Waals surface area contributed by atoms with E-state index in [0.29, 0.717) is 5.92 Å². The van der Waals surface area contributed by atoms with Crippen LogP contribution in [0.5, 0.6) is 0 Å². The minimum Gasteiger partial charge on any atom is -0.378 e. The molecule has 2 aliphatic rings. The Morgan fingerprint density at radius 2 is 2.09 bits per heavy atom. The van der Waals surface area contributed by atoms with Crippen molar-refractivity contribution in [3.63, 3.8) is 0 Å². The molecule has 0 radical (unpaired) electrons. The maximum atomic E-state index is 11.7. The molecule has 9 heteroatoms. The zero-order valence-electron chi connectivity index (χ0n) is 17.9. The summed E-state index contributed by atoms with van der Waals surface area (Å²) < 4.78 is 7.23. The van der Waals surface area contributed by atoms with Gasteiger partial charge in [-0.3, -0.25) is 4.79 Å². The summed E-state index contributed by atoms with van der Waals surface area (Å²) in [6, 6.07) is 6.36. The highest BCUT2D eigenvalue weighted by molar-refractivity contribution is 5.87. The third-order valence-electron chi connectivity index (χ3n) is 6.22. The van der Waals surface area contributed by atoms with Crippen molar-refractivity contribution in [3.8, 4) is 0 Å². The van der Waals surface area contributed by atoms with E-state index in [0.717, 1.165) is 68.4 Å². The van der Waals surface area contributed by atoms with Gasteiger partial charge < -0.3 is 20.3 Å². The van der Waals surface area contributed by atoms with Crippen molar-refractivity contribution in [2.24, 2.45) is 0 Å². The van der Waals surface area contributed by atoms with E-state index in [1.54, 1.807) is 10.8 Å². The Kier molecular flexibility index (Phi) is 5.72. The van der Waals surface area contributed by atoms with Crippen LogP contribution in [0.4, 0.5) is 17.2 Å². The Labute approximate surface area is 186 Å². The van der Waals surface area contributed by atoms with Gasteiger partial charge in [-0.25, -0.2) is 14.5 Å². The molecular weight excluding hydrogens is 406 g/mol. The van der Waals surface area contributed by atoms with Gasteiger partial charge in [0.15, 0.2) is 5.65 Å². The van der Waals surface area contributed by atoms with Crippen molar-refractivity contribution in [3.05, 3.63) is 55.1 Å². The average molecular weight is 434 g/mol. The summed E-state index contributed by atoms with van der Waals surface area (Å²) in [6.07, 6.45) is 9.66. The maximum absolute atomic E-state index is 11.7. The molecule has 2 fully saturated rings. The topological polar surface area (TPSA) is 96.7 Å². The highest BCUT2D eigenvalue weighted by Gasteiger charge is 2.27. The number of amides is 1. The van der Waals surface area contributed by atoms with E-state index in [2.05, 4.69) is 49.3 Å². The average Bonchev–Trinajstić information content (AvgIpc) is 3.50. The Balaban J connectivity index is 1.34. The summed E-state index contributed by atoms with van der Waals surface area (Å²) in [5, 5.41) is 10.8. The van der Waals surface area contributed by atoms with Crippen LogP contribution in [0.25, 0.3) is 5.65 Å². The van der Waals surface area contributed by atoms with Crippen molar-refractivity contribution in [1.29, 1.82) is 0 Å². The van der Waals surface area contributed by atoms with Crippen LogP contribution in [0.15, 0.2) is 49.6 Å². The smallest absolute Gasteiger partial charge is 0.243 e. The molecule has 32 heavy (non-hydrogen) atoms. The number of carbonyl (C=O) groups is 1. The van der Waals surface area contributed by atoms with Gasteiger partial charge in [0, 0.05) is 25.3 Å². The van der Waals surface area contributed by atoms with Gasteiger partial charge in [-0.1, -0.05) is 6.58 Å². The molecule has 4 heterocycles. The van der Waals surface area contributed by atoms with Crippen molar-refractivity contribution in [1.82, 2.24) is 24.9 Å². The molecule has 0 unspecified atom stereocenters. The Morgan fingerprint density at radius 1 is 1.22 bits per heavy atom. The number of morpholine rings is 1. The number of hydrogen-bond donors (Lipinski definition) is 2. The molecule has 2 atom stereocenters. The van der Waals surface area contributed by atoms with Crippen LogP contribution in [0.1, 0.15) is 30.7 Å². The fraction of sp³-hybridized carbons (Fsp3) is 0.391. The summed E-state index contributed by atoms with van der Waals surface area (Å²) in [4.78, 5) is 23.0. The van der Waals surface area contributed by atoms with E-state index in [4.69, 9.17) is 4.74 Å². The van der Waals surface area contributed by atoms with Gasteiger partial charge in [-0.2, -0.15) is 5.10 Å². The molecule has 3 aromatic heterocycles. The van der Waals surface area contributed by atoms with Gasteiger partial charge >= 0.3 is 0 Å². The molecule has 5 rings (SSSR count). The Morgan fingerprint density at radius 3 is 2.88 bits per heavy atom. The van der Waals surface area contributed by atoms with E-state index >= 15 is 0 Å². The van der Waals surface area contributed by atoms with Crippen molar-refractivity contribution in [2.45, 2.75) is 31.2 Å². The molecule has 3 aromatic rings. The molecule has 0 spiro atoms. The molecule has 1 aliphatic carbocycles. The molecule has 1 saturated carbocycles. The predicted octanol–water partition coefficient (Wildman–Crippen LogP) is 2.64. The molecule has 1 saturated heterocycles. The minimum atomic E-state index is -0.115. The number of anilines is 3. The minimum absolute atomic E-state index is 0.115. The first kappa shape index (κ1) is 20.4. The first-order valence-corrected chi connectivity index (χ1v) is 11.0. The van der Waals surface area contributed by atoms with Crippen LogP contribution in [0.3, 0.4) is 0 Å². The van der Waals surface area contributed by atoms with Gasteiger partial charge in [-0.15, -0.1) is 0 Å². The number of carbonyl (C=O) groups excluding carboxylic acids is 1. The summed E-state index contributed by atoms with van der Waals surface area (Å²) in [5.41, 5.74) is 3.89. The molecular formula is C23H27N7O2. The molecule has 9 nitrogen and oxygen atoms in total. The quantitative estimate of drug-likeness (QED) is 0.577. The number of hydrogen-bond acceptors (Lipinski definition) is 7. The summed E-state index contributed by atoms with van der Waals surface area (Å²) in [7, 11) is 0. The van der Waals surface area contributed by atoms with Gasteiger partial charge in [0.1, 0.15) is 12.1 Å². The lowest BCUT2D eigenvalue weighted by atomic mass is 9.98. The summed E-state index contributed by atoms with van der Waals surface area (Å²) in [6.45, 7) is 6.80. The SMILES string of the molecule is C=CC(=O)N[C@@H]1CC[C@H](c2cc(Nc3ccc(N4CCOCC4)cn3)c3ncnn3c2)C1. The third kappa shape index (κ3) is 4.29. The van der Waals surface area contributed by atoms with Crippen molar-refractivity contribution in [2.75, 3.05) is 36.5 Å². The summed E-state index contributed by atoms with van der Waals surface area (Å²) >= 11 is 0. The van der Waals surface area contributed by atoms with Gasteiger partial charge in [-0.05, 0) is 55.0 Å². The summed E-state index contributed by atoms with van der Waals surface area (Å²) in [5.74, 6) is 0.985. The first-order chi connectivity index (χ1) is 15.7. The number of nitrogens with zero attached hydrogens (tertiary/aromatic N) is 5. The lowest BCUT2D eigenvalue weighted by molar-refractivity contribution is -0.117. The zero-order chi connectivity index (χ0) is 21.9. The monoisotopic (exact) mass is 433 g/mol. The number of ether oxygens (including phenoxy) is 1. The van der Waals surface area contributed by atoms with E-state index in [-0.39, 0.29) is 11.9 Å². The van der Waals surface area contributed by atoms with Crippen LogP contribution in [0.2, 0.25) is 0 Å². The number of aromatic nitrogens is 4. The highest BCUT2D eigenvalue weighted by atomic mass is 16.5. The fourth-order valence-electron chi connectivity index (χ4n) is 4.54. The van der Waals surface area contributed by atoms with E-state index < -0.39 is 0 Å². The number of pyridine rings is 2. The van der Waals surface area contributed by atoms with Gasteiger partial charge in [0.25, 0.3) is 0 Å².